The number of allylic oxidation sites excluding steroid dienone is 1. The minimum absolute atomic E-state index is 0.0919. The van der Waals surface area contributed by atoms with Gasteiger partial charge in [0.2, 0.25) is 0 Å². The van der Waals surface area contributed by atoms with Gasteiger partial charge in [-0.2, -0.15) is 0 Å². The van der Waals surface area contributed by atoms with Crippen molar-refractivity contribution < 1.29 is 4.39 Å². The summed E-state index contributed by atoms with van der Waals surface area (Å²) < 4.78 is 13.9. The topological polar surface area (TPSA) is 12.0 Å². The molecule has 0 aromatic heterocycles. The van der Waals surface area contributed by atoms with Crippen LogP contribution in [0.1, 0.15) is 49.3 Å². The maximum absolute atomic E-state index is 13.9. The first kappa shape index (κ1) is 13.3. The Kier molecular flexibility index (Phi) is 4.54. The van der Waals surface area contributed by atoms with Crippen molar-refractivity contribution in [1.29, 1.82) is 0 Å². The molecule has 0 heterocycles. The molecule has 0 saturated carbocycles. The standard InChI is InChI=1S/C16H22FN/c1-12-8-9-15(17)14(10-12)16(18-2)11-13-6-4-3-5-7-13/h6,8-10,16,18H,3-5,7,11H2,1-2H3. The van der Waals surface area contributed by atoms with Crippen molar-refractivity contribution in [3.63, 3.8) is 0 Å². The molecule has 1 nitrogen and oxygen atoms in total. The Labute approximate surface area is 109 Å². The van der Waals surface area contributed by atoms with E-state index in [-0.39, 0.29) is 11.9 Å². The molecule has 2 rings (SSSR count). The van der Waals surface area contributed by atoms with E-state index in [4.69, 9.17) is 0 Å². The summed E-state index contributed by atoms with van der Waals surface area (Å²) in [5.74, 6) is -0.101. The molecular formula is C16H22FN. The van der Waals surface area contributed by atoms with Crippen LogP contribution in [0.15, 0.2) is 29.8 Å². The van der Waals surface area contributed by atoms with Gasteiger partial charge in [-0.3, -0.25) is 0 Å². The van der Waals surface area contributed by atoms with Crippen LogP contribution in [-0.4, -0.2) is 7.05 Å². The average Bonchev–Trinajstić information content (AvgIpc) is 2.40. The quantitative estimate of drug-likeness (QED) is 0.783. The molecule has 0 spiro atoms. The van der Waals surface area contributed by atoms with E-state index in [9.17, 15) is 4.39 Å². The average molecular weight is 247 g/mol. The summed E-state index contributed by atoms with van der Waals surface area (Å²) in [6.45, 7) is 2.01. The van der Waals surface area contributed by atoms with Crippen molar-refractivity contribution in [1.82, 2.24) is 5.32 Å². The zero-order valence-corrected chi connectivity index (χ0v) is 11.3. The number of hydrogen-bond donors (Lipinski definition) is 1. The Balaban J connectivity index is 2.17. The number of rotatable bonds is 4. The van der Waals surface area contributed by atoms with Crippen molar-refractivity contribution in [2.75, 3.05) is 7.05 Å². The van der Waals surface area contributed by atoms with E-state index in [1.165, 1.54) is 31.3 Å². The molecule has 0 amide bonds. The number of halogens is 1. The first-order valence-corrected chi connectivity index (χ1v) is 6.82. The predicted octanol–water partition coefficient (Wildman–Crippen LogP) is 4.29. The lowest BCUT2D eigenvalue weighted by atomic mass is 9.91. The van der Waals surface area contributed by atoms with E-state index in [1.807, 2.05) is 26.1 Å². The van der Waals surface area contributed by atoms with Gasteiger partial charge in [0.1, 0.15) is 5.82 Å². The van der Waals surface area contributed by atoms with Crippen LogP contribution < -0.4 is 5.32 Å². The summed E-state index contributed by atoms with van der Waals surface area (Å²) in [4.78, 5) is 0. The van der Waals surface area contributed by atoms with Crippen LogP contribution in [0.25, 0.3) is 0 Å². The minimum Gasteiger partial charge on any atom is -0.313 e. The predicted molar refractivity (Wildman–Crippen MR) is 74.1 cm³/mol. The van der Waals surface area contributed by atoms with Crippen LogP contribution in [0, 0.1) is 12.7 Å². The lowest BCUT2D eigenvalue weighted by molar-refractivity contribution is 0.518. The van der Waals surface area contributed by atoms with E-state index in [2.05, 4.69) is 11.4 Å². The van der Waals surface area contributed by atoms with Crippen LogP contribution in [-0.2, 0) is 0 Å². The molecule has 0 saturated heterocycles. The molecule has 1 N–H and O–H groups in total. The van der Waals surface area contributed by atoms with Crippen LogP contribution in [0.5, 0.6) is 0 Å². The smallest absolute Gasteiger partial charge is 0.128 e. The summed E-state index contributed by atoms with van der Waals surface area (Å²) in [6.07, 6.45) is 8.19. The summed E-state index contributed by atoms with van der Waals surface area (Å²) in [6, 6.07) is 5.45. The molecular weight excluding hydrogens is 225 g/mol. The highest BCUT2D eigenvalue weighted by Gasteiger charge is 2.16. The van der Waals surface area contributed by atoms with Crippen molar-refractivity contribution in [2.45, 2.75) is 45.1 Å². The highest BCUT2D eigenvalue weighted by Crippen LogP contribution is 2.29. The van der Waals surface area contributed by atoms with Crippen molar-refractivity contribution in [3.8, 4) is 0 Å². The molecule has 98 valence electrons. The van der Waals surface area contributed by atoms with Gasteiger partial charge in [0.05, 0.1) is 0 Å². The third-order valence-corrected chi connectivity index (χ3v) is 3.73. The minimum atomic E-state index is -0.101. The first-order chi connectivity index (χ1) is 8.70. The SMILES string of the molecule is CNC(CC1=CCCCC1)c1cc(C)ccc1F. The second-order valence-electron chi connectivity index (χ2n) is 5.18. The Morgan fingerprint density at radius 1 is 1.33 bits per heavy atom. The van der Waals surface area contributed by atoms with Gasteiger partial charge >= 0.3 is 0 Å². The monoisotopic (exact) mass is 247 g/mol. The fourth-order valence-corrected chi connectivity index (χ4v) is 2.65. The highest BCUT2D eigenvalue weighted by atomic mass is 19.1. The summed E-state index contributed by atoms with van der Waals surface area (Å²) >= 11 is 0. The summed E-state index contributed by atoms with van der Waals surface area (Å²) in [5, 5.41) is 3.25. The lowest BCUT2D eigenvalue weighted by Gasteiger charge is -2.21. The molecule has 0 fully saturated rings. The molecule has 0 aliphatic heterocycles. The number of hydrogen-bond acceptors (Lipinski definition) is 1. The Morgan fingerprint density at radius 2 is 2.17 bits per heavy atom. The maximum Gasteiger partial charge on any atom is 0.128 e. The molecule has 1 aliphatic carbocycles. The molecule has 1 aromatic carbocycles. The van der Waals surface area contributed by atoms with Crippen LogP contribution in [0.4, 0.5) is 4.39 Å². The molecule has 18 heavy (non-hydrogen) atoms. The highest BCUT2D eigenvalue weighted by molar-refractivity contribution is 5.28. The van der Waals surface area contributed by atoms with Crippen LogP contribution >= 0.6 is 0 Å². The normalized spacial score (nSPS) is 17.4. The largest absolute Gasteiger partial charge is 0.313 e. The Hall–Kier alpha value is -1.15. The third kappa shape index (κ3) is 3.20. The molecule has 1 atom stereocenters. The van der Waals surface area contributed by atoms with Crippen molar-refractivity contribution in [2.24, 2.45) is 0 Å². The maximum atomic E-state index is 13.9. The van der Waals surface area contributed by atoms with E-state index < -0.39 is 0 Å². The van der Waals surface area contributed by atoms with Crippen molar-refractivity contribution >= 4 is 0 Å². The van der Waals surface area contributed by atoms with Crippen LogP contribution in [0.2, 0.25) is 0 Å². The first-order valence-electron chi connectivity index (χ1n) is 6.82. The van der Waals surface area contributed by atoms with Gasteiger partial charge in [-0.1, -0.05) is 29.3 Å². The fraction of sp³-hybridized carbons (Fsp3) is 0.500. The summed E-state index contributed by atoms with van der Waals surface area (Å²) in [7, 11) is 1.91. The number of benzene rings is 1. The number of nitrogens with one attached hydrogen (secondary N) is 1. The van der Waals surface area contributed by atoms with Gasteiger partial charge in [0.25, 0.3) is 0 Å². The zero-order valence-electron chi connectivity index (χ0n) is 11.3. The summed E-state index contributed by atoms with van der Waals surface area (Å²) in [5.41, 5.74) is 3.38. The van der Waals surface area contributed by atoms with Crippen LogP contribution in [0.3, 0.4) is 0 Å². The van der Waals surface area contributed by atoms with Gasteiger partial charge in [0, 0.05) is 11.6 Å². The zero-order chi connectivity index (χ0) is 13.0. The second-order valence-corrected chi connectivity index (χ2v) is 5.18. The van der Waals surface area contributed by atoms with Gasteiger partial charge in [-0.05, 0) is 52.1 Å². The fourth-order valence-electron chi connectivity index (χ4n) is 2.65. The molecule has 0 bridgehead atoms. The van der Waals surface area contributed by atoms with E-state index in [0.29, 0.717) is 0 Å². The molecule has 1 aliphatic rings. The van der Waals surface area contributed by atoms with Gasteiger partial charge < -0.3 is 5.32 Å². The Bertz CT molecular complexity index is 437. The number of aryl methyl sites for hydroxylation is 1. The van der Waals surface area contributed by atoms with E-state index in [1.54, 1.807) is 6.07 Å². The van der Waals surface area contributed by atoms with Gasteiger partial charge in [-0.25, -0.2) is 4.39 Å². The molecule has 0 radical (unpaired) electrons. The Morgan fingerprint density at radius 3 is 2.83 bits per heavy atom. The van der Waals surface area contributed by atoms with Gasteiger partial charge in [0.15, 0.2) is 0 Å². The third-order valence-electron chi connectivity index (χ3n) is 3.73. The molecule has 2 heteroatoms. The van der Waals surface area contributed by atoms with E-state index >= 15 is 0 Å². The van der Waals surface area contributed by atoms with E-state index in [0.717, 1.165) is 17.5 Å². The lowest BCUT2D eigenvalue weighted by Crippen LogP contribution is -2.19. The molecule has 1 aromatic rings. The molecule has 1 unspecified atom stereocenters. The second kappa shape index (κ2) is 6.14. The van der Waals surface area contributed by atoms with Gasteiger partial charge in [-0.15, -0.1) is 0 Å². The van der Waals surface area contributed by atoms with Crippen molar-refractivity contribution in [3.05, 3.63) is 46.8 Å².